The molecule has 2 aromatic carbocycles. The second-order valence-electron chi connectivity index (χ2n) is 5.53. The Morgan fingerprint density at radius 2 is 1.83 bits per heavy atom. The fourth-order valence-electron chi connectivity index (χ4n) is 2.18. The third-order valence-corrected chi connectivity index (χ3v) is 3.56. The lowest BCUT2D eigenvalue weighted by molar-refractivity contribution is -0.143. The van der Waals surface area contributed by atoms with E-state index in [-0.39, 0.29) is 5.69 Å². The molecule has 29 heavy (non-hydrogen) atoms. The zero-order chi connectivity index (χ0) is 21.2. The normalized spacial score (nSPS) is 10.3. The highest BCUT2D eigenvalue weighted by molar-refractivity contribution is 6.02. The van der Waals surface area contributed by atoms with Gasteiger partial charge in [0.2, 0.25) is 0 Å². The van der Waals surface area contributed by atoms with Crippen molar-refractivity contribution in [1.82, 2.24) is 5.32 Å². The first-order valence-corrected chi connectivity index (χ1v) is 8.35. The Morgan fingerprint density at radius 3 is 2.52 bits per heavy atom. The number of imide groups is 1. The monoisotopic (exact) mass is 402 g/mol. The topological polar surface area (TPSA) is 103 Å². The first-order valence-electron chi connectivity index (χ1n) is 8.35. The first-order chi connectivity index (χ1) is 13.9. The largest absolute Gasteiger partial charge is 0.497 e. The average Bonchev–Trinajstić information content (AvgIpc) is 2.72. The second-order valence-corrected chi connectivity index (χ2v) is 5.53. The summed E-state index contributed by atoms with van der Waals surface area (Å²) in [7, 11) is 2.99. The molecule has 2 aromatic rings. The Labute approximate surface area is 166 Å². The van der Waals surface area contributed by atoms with Crippen LogP contribution in [-0.2, 0) is 14.3 Å². The summed E-state index contributed by atoms with van der Waals surface area (Å²) < 4.78 is 28.5. The number of nitrogens with one attached hydrogen (secondary N) is 2. The molecule has 0 radical (unpaired) electrons. The third-order valence-electron chi connectivity index (χ3n) is 3.56. The number of carbonyl (C=O) groups is 3. The van der Waals surface area contributed by atoms with Crippen molar-refractivity contribution < 1.29 is 33.0 Å². The third kappa shape index (κ3) is 6.65. The van der Waals surface area contributed by atoms with E-state index in [0.717, 1.165) is 12.1 Å². The van der Waals surface area contributed by atoms with Gasteiger partial charge < -0.3 is 19.5 Å². The molecule has 152 valence electrons. The maximum atomic E-state index is 13.4. The summed E-state index contributed by atoms with van der Waals surface area (Å²) in [5.74, 6) is -1.25. The molecule has 0 heterocycles. The quantitative estimate of drug-likeness (QED) is 0.545. The number of amides is 3. The van der Waals surface area contributed by atoms with Crippen molar-refractivity contribution in [3.8, 4) is 11.5 Å². The zero-order valence-corrected chi connectivity index (χ0v) is 15.7. The number of hydrogen-bond acceptors (Lipinski definition) is 6. The van der Waals surface area contributed by atoms with Gasteiger partial charge >= 0.3 is 12.0 Å². The summed E-state index contributed by atoms with van der Waals surface area (Å²) in [6.45, 7) is -0.687. The average molecular weight is 402 g/mol. The highest BCUT2D eigenvalue weighted by Crippen LogP contribution is 2.25. The van der Waals surface area contributed by atoms with E-state index in [1.165, 1.54) is 38.5 Å². The number of esters is 1. The SMILES string of the molecule is COc1ccc(/C=C/C(=O)OCC(=O)NC(=O)Nc2ccccc2F)c(OC)c1. The summed E-state index contributed by atoms with van der Waals surface area (Å²) in [6.07, 6.45) is 2.56. The van der Waals surface area contributed by atoms with Gasteiger partial charge in [0.05, 0.1) is 19.9 Å². The predicted octanol–water partition coefficient (Wildman–Crippen LogP) is 2.75. The lowest BCUT2D eigenvalue weighted by Gasteiger charge is -2.08. The minimum atomic E-state index is -0.949. The molecule has 0 spiro atoms. The van der Waals surface area contributed by atoms with Gasteiger partial charge in [-0.3, -0.25) is 10.1 Å². The van der Waals surface area contributed by atoms with Crippen LogP contribution in [0.1, 0.15) is 5.56 Å². The van der Waals surface area contributed by atoms with Crippen molar-refractivity contribution in [1.29, 1.82) is 0 Å². The number of urea groups is 1. The van der Waals surface area contributed by atoms with Crippen LogP contribution in [0.3, 0.4) is 0 Å². The van der Waals surface area contributed by atoms with Crippen LogP contribution in [0.4, 0.5) is 14.9 Å². The Morgan fingerprint density at radius 1 is 1.07 bits per heavy atom. The van der Waals surface area contributed by atoms with Gasteiger partial charge in [-0.15, -0.1) is 0 Å². The highest BCUT2D eigenvalue weighted by Gasteiger charge is 2.12. The smallest absolute Gasteiger partial charge is 0.331 e. The van der Waals surface area contributed by atoms with Crippen molar-refractivity contribution in [2.75, 3.05) is 26.1 Å². The van der Waals surface area contributed by atoms with Gasteiger partial charge in [0, 0.05) is 17.7 Å². The van der Waals surface area contributed by atoms with Gasteiger partial charge in [-0.05, 0) is 30.3 Å². The van der Waals surface area contributed by atoms with Gasteiger partial charge in [0.25, 0.3) is 5.91 Å². The summed E-state index contributed by atoms with van der Waals surface area (Å²) in [6, 6.07) is 9.53. The van der Waals surface area contributed by atoms with Crippen LogP contribution >= 0.6 is 0 Å². The molecule has 0 fully saturated rings. The molecule has 2 rings (SSSR count). The molecule has 0 bridgehead atoms. The van der Waals surface area contributed by atoms with Crippen molar-refractivity contribution in [3.05, 3.63) is 59.9 Å². The zero-order valence-electron chi connectivity index (χ0n) is 15.7. The van der Waals surface area contributed by atoms with Crippen LogP contribution in [0.15, 0.2) is 48.5 Å². The number of para-hydroxylation sites is 1. The molecule has 0 aliphatic rings. The number of benzene rings is 2. The van der Waals surface area contributed by atoms with Crippen molar-refractivity contribution in [3.63, 3.8) is 0 Å². The van der Waals surface area contributed by atoms with Crippen LogP contribution in [-0.4, -0.2) is 38.7 Å². The number of anilines is 1. The van der Waals surface area contributed by atoms with E-state index in [9.17, 15) is 18.8 Å². The summed E-state index contributed by atoms with van der Waals surface area (Å²) >= 11 is 0. The molecule has 0 aromatic heterocycles. The van der Waals surface area contributed by atoms with E-state index < -0.39 is 30.3 Å². The summed E-state index contributed by atoms with van der Waals surface area (Å²) in [5.41, 5.74) is 0.505. The Hall–Kier alpha value is -3.88. The van der Waals surface area contributed by atoms with E-state index >= 15 is 0 Å². The van der Waals surface area contributed by atoms with Gasteiger partial charge in [-0.25, -0.2) is 14.0 Å². The van der Waals surface area contributed by atoms with Crippen LogP contribution in [0, 0.1) is 5.82 Å². The maximum absolute atomic E-state index is 13.4. The molecule has 0 unspecified atom stereocenters. The van der Waals surface area contributed by atoms with E-state index in [1.807, 2.05) is 5.32 Å². The lowest BCUT2D eigenvalue weighted by atomic mass is 10.2. The number of rotatable bonds is 7. The highest BCUT2D eigenvalue weighted by atomic mass is 19.1. The Balaban J connectivity index is 1.82. The molecule has 3 amide bonds. The Kier molecular flexibility index (Phi) is 7.72. The Bertz CT molecular complexity index is 929. The minimum Gasteiger partial charge on any atom is -0.497 e. The molecule has 0 aliphatic carbocycles. The van der Waals surface area contributed by atoms with Crippen LogP contribution in [0.5, 0.6) is 11.5 Å². The predicted molar refractivity (Wildman–Crippen MR) is 103 cm³/mol. The van der Waals surface area contributed by atoms with Crippen molar-refractivity contribution in [2.45, 2.75) is 0 Å². The van der Waals surface area contributed by atoms with Crippen molar-refractivity contribution in [2.24, 2.45) is 0 Å². The van der Waals surface area contributed by atoms with E-state index in [2.05, 4.69) is 5.32 Å². The molecule has 0 atom stereocenters. The standard InChI is InChI=1S/C20H19FN2O6/c1-27-14-9-7-13(17(11-14)28-2)8-10-19(25)29-12-18(24)23-20(26)22-16-6-4-3-5-15(16)21/h3-11H,12H2,1-2H3,(H2,22,23,24,26)/b10-8+. The molecular formula is C20H19FN2O6. The molecule has 0 saturated heterocycles. The van der Waals surface area contributed by atoms with E-state index in [1.54, 1.807) is 18.2 Å². The summed E-state index contributed by atoms with van der Waals surface area (Å²) in [4.78, 5) is 35.1. The van der Waals surface area contributed by atoms with E-state index in [0.29, 0.717) is 17.1 Å². The fraction of sp³-hybridized carbons (Fsp3) is 0.150. The van der Waals surface area contributed by atoms with Crippen LogP contribution < -0.4 is 20.1 Å². The first kappa shape index (κ1) is 21.4. The molecule has 0 saturated carbocycles. The lowest BCUT2D eigenvalue weighted by Crippen LogP contribution is -2.37. The number of methoxy groups -OCH3 is 2. The van der Waals surface area contributed by atoms with Crippen molar-refractivity contribution >= 4 is 29.7 Å². The van der Waals surface area contributed by atoms with Crippen LogP contribution in [0.2, 0.25) is 0 Å². The van der Waals surface area contributed by atoms with Gasteiger partial charge in [-0.1, -0.05) is 12.1 Å². The number of carbonyl (C=O) groups excluding carboxylic acids is 3. The molecule has 9 heteroatoms. The maximum Gasteiger partial charge on any atom is 0.331 e. The summed E-state index contributed by atoms with van der Waals surface area (Å²) in [5, 5.41) is 4.10. The van der Waals surface area contributed by atoms with Gasteiger partial charge in [0.15, 0.2) is 6.61 Å². The van der Waals surface area contributed by atoms with Gasteiger partial charge in [0.1, 0.15) is 17.3 Å². The molecular weight excluding hydrogens is 383 g/mol. The molecule has 2 N–H and O–H groups in total. The second kappa shape index (κ2) is 10.5. The van der Waals surface area contributed by atoms with E-state index in [4.69, 9.17) is 14.2 Å². The molecule has 8 nitrogen and oxygen atoms in total. The number of halogens is 1. The number of hydrogen-bond donors (Lipinski definition) is 2. The number of ether oxygens (including phenoxy) is 3. The van der Waals surface area contributed by atoms with Crippen LogP contribution in [0.25, 0.3) is 6.08 Å². The van der Waals surface area contributed by atoms with Gasteiger partial charge in [-0.2, -0.15) is 0 Å². The molecule has 0 aliphatic heterocycles. The minimum absolute atomic E-state index is 0.0915. The fourth-order valence-corrected chi connectivity index (χ4v) is 2.18.